The van der Waals surface area contributed by atoms with Crippen LogP contribution in [0.3, 0.4) is 0 Å². The standard InChI is InChI=1S/C10H12BN/c1-2-7-6-12-10-5-8(11)3-4-9(7)10/h3-6,12H,2,11H2,1H3. The predicted octanol–water partition coefficient (Wildman–Crippen LogP) is 0.989. The van der Waals surface area contributed by atoms with E-state index in [1.165, 1.54) is 21.9 Å². The summed E-state index contributed by atoms with van der Waals surface area (Å²) in [5.41, 5.74) is 3.98. The van der Waals surface area contributed by atoms with E-state index in [1.54, 1.807) is 0 Å². The van der Waals surface area contributed by atoms with Gasteiger partial charge in [-0.15, -0.1) is 0 Å². The molecule has 0 atom stereocenters. The Kier molecular flexibility index (Phi) is 1.68. The maximum Gasteiger partial charge on any atom is 0.139 e. The number of rotatable bonds is 1. The van der Waals surface area contributed by atoms with Crippen molar-refractivity contribution >= 4 is 24.2 Å². The molecule has 1 N–H and O–H groups in total. The van der Waals surface area contributed by atoms with Gasteiger partial charge in [0.15, 0.2) is 0 Å². The Morgan fingerprint density at radius 3 is 3.00 bits per heavy atom. The maximum absolute atomic E-state index is 3.28. The van der Waals surface area contributed by atoms with Crippen LogP contribution in [0.15, 0.2) is 24.4 Å². The molecule has 60 valence electrons. The zero-order valence-electron chi connectivity index (χ0n) is 7.52. The van der Waals surface area contributed by atoms with Crippen molar-refractivity contribution in [2.45, 2.75) is 13.3 Å². The van der Waals surface area contributed by atoms with E-state index in [2.05, 4.69) is 44.1 Å². The molecule has 0 unspecified atom stereocenters. The van der Waals surface area contributed by atoms with Gasteiger partial charge in [0, 0.05) is 17.1 Å². The summed E-state index contributed by atoms with van der Waals surface area (Å²) in [5, 5.41) is 1.36. The van der Waals surface area contributed by atoms with Crippen LogP contribution in [0.5, 0.6) is 0 Å². The van der Waals surface area contributed by atoms with E-state index in [9.17, 15) is 0 Å². The highest BCUT2D eigenvalue weighted by Gasteiger charge is 1.99. The number of hydrogen-bond donors (Lipinski definition) is 1. The smallest absolute Gasteiger partial charge is 0.139 e. The second-order valence-electron chi connectivity index (χ2n) is 3.22. The van der Waals surface area contributed by atoms with Crippen LogP contribution in [0.2, 0.25) is 0 Å². The van der Waals surface area contributed by atoms with Gasteiger partial charge >= 0.3 is 0 Å². The van der Waals surface area contributed by atoms with Gasteiger partial charge in [-0.2, -0.15) is 0 Å². The van der Waals surface area contributed by atoms with Crippen LogP contribution in [0.1, 0.15) is 12.5 Å². The van der Waals surface area contributed by atoms with Gasteiger partial charge in [0.05, 0.1) is 0 Å². The Morgan fingerprint density at radius 1 is 1.42 bits per heavy atom. The highest BCUT2D eigenvalue weighted by molar-refractivity contribution is 6.33. The van der Waals surface area contributed by atoms with Crippen LogP contribution >= 0.6 is 0 Å². The number of nitrogens with one attached hydrogen (secondary N) is 1. The van der Waals surface area contributed by atoms with Gasteiger partial charge < -0.3 is 4.98 Å². The molecule has 1 aromatic heterocycles. The first-order valence-electron chi connectivity index (χ1n) is 4.38. The number of H-pyrrole nitrogens is 1. The van der Waals surface area contributed by atoms with Crippen molar-refractivity contribution in [3.8, 4) is 0 Å². The molecule has 0 spiro atoms. The molecule has 2 rings (SSSR count). The van der Waals surface area contributed by atoms with E-state index in [0.29, 0.717) is 0 Å². The quantitative estimate of drug-likeness (QED) is 0.594. The third-order valence-corrected chi connectivity index (χ3v) is 2.30. The molecule has 0 aliphatic heterocycles. The molecule has 1 heterocycles. The summed E-state index contributed by atoms with van der Waals surface area (Å²) >= 11 is 0. The van der Waals surface area contributed by atoms with Crippen molar-refractivity contribution in [3.63, 3.8) is 0 Å². The van der Waals surface area contributed by atoms with Gasteiger partial charge in [-0.25, -0.2) is 0 Å². The molecule has 0 aliphatic carbocycles. The van der Waals surface area contributed by atoms with E-state index in [4.69, 9.17) is 0 Å². The molecule has 0 aliphatic rings. The van der Waals surface area contributed by atoms with Gasteiger partial charge in [-0.05, 0) is 18.1 Å². The third kappa shape index (κ3) is 1.04. The molecule has 2 aromatic rings. The van der Waals surface area contributed by atoms with E-state index in [1.807, 2.05) is 0 Å². The molecule has 1 aromatic carbocycles. The largest absolute Gasteiger partial charge is 0.361 e. The fraction of sp³-hybridized carbons (Fsp3) is 0.200. The minimum absolute atomic E-state index is 1.10. The van der Waals surface area contributed by atoms with E-state index in [-0.39, 0.29) is 0 Å². The lowest BCUT2D eigenvalue weighted by Gasteiger charge is -1.94. The molecule has 0 bridgehead atoms. The van der Waals surface area contributed by atoms with Gasteiger partial charge in [-0.3, -0.25) is 0 Å². The first kappa shape index (κ1) is 7.47. The summed E-state index contributed by atoms with van der Waals surface area (Å²) in [5.74, 6) is 0. The Morgan fingerprint density at radius 2 is 2.25 bits per heavy atom. The van der Waals surface area contributed by atoms with Crippen LogP contribution in [0.25, 0.3) is 10.9 Å². The minimum Gasteiger partial charge on any atom is -0.361 e. The topological polar surface area (TPSA) is 15.8 Å². The summed E-state index contributed by atoms with van der Waals surface area (Å²) in [6, 6.07) is 6.55. The second-order valence-corrected chi connectivity index (χ2v) is 3.22. The lowest BCUT2D eigenvalue weighted by atomic mass is 9.95. The van der Waals surface area contributed by atoms with E-state index < -0.39 is 0 Å². The van der Waals surface area contributed by atoms with Crippen LogP contribution in [0.4, 0.5) is 0 Å². The van der Waals surface area contributed by atoms with Gasteiger partial charge in [0.2, 0.25) is 0 Å². The predicted molar refractivity (Wildman–Crippen MR) is 55.9 cm³/mol. The van der Waals surface area contributed by atoms with Crippen molar-refractivity contribution in [2.24, 2.45) is 0 Å². The van der Waals surface area contributed by atoms with Crippen LogP contribution in [0, 0.1) is 0 Å². The fourth-order valence-electron chi connectivity index (χ4n) is 1.59. The van der Waals surface area contributed by atoms with Crippen LogP contribution in [-0.2, 0) is 6.42 Å². The zero-order valence-corrected chi connectivity index (χ0v) is 7.52. The molecule has 0 radical (unpaired) electrons. The molecular formula is C10H12BN. The molecule has 0 saturated carbocycles. The number of benzene rings is 1. The average molecular weight is 157 g/mol. The maximum atomic E-state index is 3.28. The van der Waals surface area contributed by atoms with Crippen molar-refractivity contribution in [1.29, 1.82) is 0 Å². The monoisotopic (exact) mass is 157 g/mol. The summed E-state index contributed by atoms with van der Waals surface area (Å²) in [7, 11) is 2.12. The lowest BCUT2D eigenvalue weighted by Crippen LogP contribution is -1.99. The number of hydrogen-bond acceptors (Lipinski definition) is 0. The Labute approximate surface area is 73.2 Å². The first-order valence-corrected chi connectivity index (χ1v) is 4.38. The number of aryl methyl sites for hydroxylation is 1. The van der Waals surface area contributed by atoms with Crippen LogP contribution in [-0.4, -0.2) is 12.8 Å². The fourth-order valence-corrected chi connectivity index (χ4v) is 1.59. The van der Waals surface area contributed by atoms with E-state index >= 15 is 0 Å². The summed E-state index contributed by atoms with van der Waals surface area (Å²) in [6.45, 7) is 2.18. The molecule has 0 fully saturated rings. The highest BCUT2D eigenvalue weighted by Crippen LogP contribution is 2.16. The summed E-state index contributed by atoms with van der Waals surface area (Å²) in [4.78, 5) is 3.28. The highest BCUT2D eigenvalue weighted by atomic mass is 14.7. The molecule has 0 amide bonds. The van der Waals surface area contributed by atoms with Gasteiger partial charge in [0.1, 0.15) is 7.85 Å². The second kappa shape index (κ2) is 2.70. The lowest BCUT2D eigenvalue weighted by molar-refractivity contribution is 1.15. The van der Waals surface area contributed by atoms with Gasteiger partial charge in [-0.1, -0.05) is 24.5 Å². The average Bonchev–Trinajstić information content (AvgIpc) is 2.46. The normalized spacial score (nSPS) is 10.8. The summed E-state index contributed by atoms with van der Waals surface area (Å²) in [6.07, 6.45) is 3.20. The number of aromatic amines is 1. The van der Waals surface area contributed by atoms with Crippen LogP contribution < -0.4 is 5.46 Å². The number of fused-ring (bicyclic) bond motifs is 1. The molecule has 1 nitrogen and oxygen atoms in total. The Balaban J connectivity index is 2.73. The number of aromatic nitrogens is 1. The molecule has 2 heteroatoms. The molecule has 12 heavy (non-hydrogen) atoms. The minimum atomic E-state index is 1.10. The summed E-state index contributed by atoms with van der Waals surface area (Å²) < 4.78 is 0. The van der Waals surface area contributed by atoms with E-state index in [0.717, 1.165) is 6.42 Å². The van der Waals surface area contributed by atoms with Gasteiger partial charge in [0.25, 0.3) is 0 Å². The molecule has 0 saturated heterocycles. The SMILES string of the molecule is Bc1ccc2c(CC)c[nH]c2c1. The van der Waals surface area contributed by atoms with Crippen molar-refractivity contribution in [1.82, 2.24) is 4.98 Å². The third-order valence-electron chi connectivity index (χ3n) is 2.30. The first-order chi connectivity index (χ1) is 5.81. The van der Waals surface area contributed by atoms with Crippen molar-refractivity contribution < 1.29 is 0 Å². The Bertz CT molecular complexity index is 403. The Hall–Kier alpha value is -1.18. The molecular weight excluding hydrogens is 145 g/mol. The van der Waals surface area contributed by atoms with Crippen molar-refractivity contribution in [3.05, 3.63) is 30.0 Å². The van der Waals surface area contributed by atoms with Crippen molar-refractivity contribution in [2.75, 3.05) is 0 Å². The zero-order chi connectivity index (χ0) is 8.55.